The molecule has 0 aromatic heterocycles. The van der Waals surface area contributed by atoms with Crippen LogP contribution < -0.4 is 0 Å². The molecule has 0 saturated heterocycles. The van der Waals surface area contributed by atoms with Crippen molar-refractivity contribution < 1.29 is 26.7 Å². The summed E-state index contributed by atoms with van der Waals surface area (Å²) in [5, 5.41) is 0. The average molecular weight is 155 g/mol. The van der Waals surface area contributed by atoms with Gasteiger partial charge in [-0.3, -0.25) is 9.59 Å². The van der Waals surface area contributed by atoms with Crippen LogP contribution in [0.4, 0.5) is 0 Å². The quantitative estimate of drug-likeness (QED) is 0.431. The zero-order valence-corrected chi connectivity index (χ0v) is 6.08. The molecule has 0 aliphatic heterocycles. The second kappa shape index (κ2) is 5.01. The maximum Gasteiger partial charge on any atom is 3.00 e. The van der Waals surface area contributed by atoms with Gasteiger partial charge in [-0.05, 0) is 13.8 Å². The van der Waals surface area contributed by atoms with Crippen molar-refractivity contribution in [2.75, 3.05) is 0 Å². The number of rotatable bonds is 2. The SMILES string of the molecule is CC(=O)CC(C)=O.[Mn+3]. The summed E-state index contributed by atoms with van der Waals surface area (Å²) in [6, 6.07) is 0. The summed E-state index contributed by atoms with van der Waals surface area (Å²) in [4.78, 5) is 20.1. The molecule has 0 bridgehead atoms. The van der Waals surface area contributed by atoms with E-state index in [2.05, 4.69) is 0 Å². The molecule has 0 rings (SSSR count). The van der Waals surface area contributed by atoms with E-state index in [1.165, 1.54) is 13.8 Å². The van der Waals surface area contributed by atoms with Crippen LogP contribution >= 0.6 is 0 Å². The van der Waals surface area contributed by atoms with E-state index >= 15 is 0 Å². The summed E-state index contributed by atoms with van der Waals surface area (Å²) in [6.07, 6.45) is 0.0833. The molecule has 0 saturated carbocycles. The summed E-state index contributed by atoms with van der Waals surface area (Å²) in [7, 11) is 0. The van der Waals surface area contributed by atoms with Crippen LogP contribution in [0.15, 0.2) is 0 Å². The summed E-state index contributed by atoms with van der Waals surface area (Å²) in [5.74, 6) is -0.125. The largest absolute Gasteiger partial charge is 3.00 e. The first-order valence-electron chi connectivity index (χ1n) is 2.12. The third-order valence-electron chi connectivity index (χ3n) is 0.498. The van der Waals surface area contributed by atoms with Gasteiger partial charge in [-0.25, -0.2) is 0 Å². The Labute approximate surface area is 59.1 Å². The molecule has 0 unspecified atom stereocenters. The molecule has 0 aliphatic carbocycles. The number of hydrogen-bond donors (Lipinski definition) is 0. The van der Waals surface area contributed by atoms with Crippen LogP contribution in [0.2, 0.25) is 0 Å². The number of carbonyl (C=O) groups excluding carboxylic acids is 2. The summed E-state index contributed by atoms with van der Waals surface area (Å²) >= 11 is 0. The molecule has 0 spiro atoms. The molecule has 0 aliphatic rings. The summed E-state index contributed by atoms with van der Waals surface area (Å²) in [5.41, 5.74) is 0. The molecule has 8 heavy (non-hydrogen) atoms. The van der Waals surface area contributed by atoms with Gasteiger partial charge in [-0.1, -0.05) is 0 Å². The van der Waals surface area contributed by atoms with Crippen LogP contribution in [0.3, 0.4) is 0 Å². The van der Waals surface area contributed by atoms with Crippen molar-refractivity contribution >= 4 is 11.6 Å². The summed E-state index contributed by atoms with van der Waals surface area (Å²) in [6.45, 7) is 2.81. The zero-order chi connectivity index (χ0) is 5.86. The monoisotopic (exact) mass is 155 g/mol. The molecule has 0 heterocycles. The number of carbonyl (C=O) groups is 2. The fraction of sp³-hybridized carbons (Fsp3) is 0.600. The van der Waals surface area contributed by atoms with Crippen molar-refractivity contribution in [2.45, 2.75) is 20.3 Å². The minimum absolute atomic E-state index is 0. The normalized spacial score (nSPS) is 7.25. The Morgan fingerprint density at radius 3 is 1.38 bits per heavy atom. The molecule has 3 heteroatoms. The minimum atomic E-state index is -0.0625. The van der Waals surface area contributed by atoms with Gasteiger partial charge in [-0.2, -0.15) is 0 Å². The van der Waals surface area contributed by atoms with Crippen LogP contribution in [0.1, 0.15) is 20.3 Å². The summed E-state index contributed by atoms with van der Waals surface area (Å²) < 4.78 is 0. The van der Waals surface area contributed by atoms with Crippen molar-refractivity contribution in [3.05, 3.63) is 0 Å². The van der Waals surface area contributed by atoms with E-state index in [1.54, 1.807) is 0 Å². The molecule has 0 radical (unpaired) electrons. The van der Waals surface area contributed by atoms with Crippen LogP contribution in [0.5, 0.6) is 0 Å². The van der Waals surface area contributed by atoms with E-state index < -0.39 is 0 Å². The molecule has 0 amide bonds. The van der Waals surface area contributed by atoms with E-state index in [0.717, 1.165) is 0 Å². The van der Waals surface area contributed by atoms with E-state index in [0.29, 0.717) is 0 Å². The predicted molar refractivity (Wildman–Crippen MR) is 26.0 cm³/mol. The van der Waals surface area contributed by atoms with Gasteiger partial charge in [0.2, 0.25) is 0 Å². The smallest absolute Gasteiger partial charge is 0.300 e. The third-order valence-corrected chi connectivity index (χ3v) is 0.498. The first-order valence-corrected chi connectivity index (χ1v) is 2.12. The molecule has 0 atom stereocenters. The topological polar surface area (TPSA) is 34.1 Å². The predicted octanol–water partition coefficient (Wildman–Crippen LogP) is 0.552. The van der Waals surface area contributed by atoms with Gasteiger partial charge < -0.3 is 0 Å². The Kier molecular flexibility index (Phi) is 6.74. The Morgan fingerprint density at radius 2 is 1.38 bits per heavy atom. The standard InChI is InChI=1S/C5H8O2.Mn/c1-4(6)3-5(2)7;/h3H2,1-2H3;/q;+3. The van der Waals surface area contributed by atoms with Gasteiger partial charge in [0.05, 0.1) is 6.42 Å². The van der Waals surface area contributed by atoms with Crippen molar-refractivity contribution in [1.29, 1.82) is 0 Å². The van der Waals surface area contributed by atoms with Gasteiger partial charge in [0.1, 0.15) is 11.6 Å². The molecule has 44 valence electrons. The van der Waals surface area contributed by atoms with Gasteiger partial charge in [0, 0.05) is 0 Å². The zero-order valence-electron chi connectivity index (χ0n) is 4.90. The van der Waals surface area contributed by atoms with Gasteiger partial charge in [0.25, 0.3) is 0 Å². The maximum atomic E-state index is 10.0. The Hall–Kier alpha value is -0.141. The van der Waals surface area contributed by atoms with Crippen molar-refractivity contribution in [3.63, 3.8) is 0 Å². The molecular weight excluding hydrogens is 147 g/mol. The molecule has 0 fully saturated rings. The van der Waals surface area contributed by atoms with Crippen LogP contribution in [-0.4, -0.2) is 11.6 Å². The Bertz CT molecular complexity index is 86.6. The second-order valence-electron chi connectivity index (χ2n) is 1.58. The number of ketones is 2. The van der Waals surface area contributed by atoms with Crippen LogP contribution in [0, 0.1) is 0 Å². The maximum absolute atomic E-state index is 10.0. The Balaban J connectivity index is 0. The number of hydrogen-bond acceptors (Lipinski definition) is 2. The van der Waals surface area contributed by atoms with Crippen molar-refractivity contribution in [1.82, 2.24) is 0 Å². The van der Waals surface area contributed by atoms with Crippen molar-refractivity contribution in [3.8, 4) is 0 Å². The third kappa shape index (κ3) is 9.29. The molecule has 2 nitrogen and oxygen atoms in total. The van der Waals surface area contributed by atoms with E-state index in [9.17, 15) is 9.59 Å². The number of Topliss-reactive ketones (excluding diaryl/α,β-unsaturated/α-hetero) is 2. The molecule has 0 N–H and O–H groups in total. The Morgan fingerprint density at radius 1 is 1.12 bits per heavy atom. The van der Waals surface area contributed by atoms with Crippen LogP contribution in [0.25, 0.3) is 0 Å². The molecule has 0 aromatic carbocycles. The van der Waals surface area contributed by atoms with Crippen molar-refractivity contribution in [2.24, 2.45) is 0 Å². The van der Waals surface area contributed by atoms with E-state index in [1.807, 2.05) is 0 Å². The fourth-order valence-electron chi connectivity index (χ4n) is 0.351. The van der Waals surface area contributed by atoms with E-state index in [4.69, 9.17) is 0 Å². The van der Waals surface area contributed by atoms with Gasteiger partial charge in [0.15, 0.2) is 0 Å². The first-order chi connectivity index (χ1) is 3.13. The second-order valence-corrected chi connectivity index (χ2v) is 1.58. The van der Waals surface area contributed by atoms with Gasteiger partial charge in [-0.15, -0.1) is 0 Å². The average Bonchev–Trinajstić information content (AvgIpc) is 1.27. The minimum Gasteiger partial charge on any atom is -0.300 e. The van der Waals surface area contributed by atoms with E-state index in [-0.39, 0.29) is 35.1 Å². The first kappa shape index (κ1) is 10.8. The van der Waals surface area contributed by atoms with Gasteiger partial charge >= 0.3 is 17.1 Å². The molecule has 0 aromatic rings. The van der Waals surface area contributed by atoms with Crippen LogP contribution in [-0.2, 0) is 26.7 Å². The molecular formula is C5H8MnO2+3. The fourth-order valence-corrected chi connectivity index (χ4v) is 0.351.